The van der Waals surface area contributed by atoms with Crippen molar-refractivity contribution >= 4 is 51.7 Å². The average Bonchev–Trinajstić information content (AvgIpc) is 2.32. The third-order valence-corrected chi connectivity index (χ3v) is 4.59. The van der Waals surface area contributed by atoms with Gasteiger partial charge in [0.2, 0.25) is 0 Å². The van der Waals surface area contributed by atoms with Gasteiger partial charge >= 0.3 is 0 Å². The van der Waals surface area contributed by atoms with E-state index in [1.54, 1.807) is 18.7 Å². The first-order chi connectivity index (χ1) is 8.58. The molecule has 0 unspecified atom stereocenters. The topological polar surface area (TPSA) is 17.1 Å². The summed E-state index contributed by atoms with van der Waals surface area (Å²) >= 11 is 9.63. The highest BCUT2D eigenvalue weighted by Gasteiger charge is 2.12. The standard InChI is InChI=1S/C14H10ClIOS/c1-9(17)14-12(16)3-2-4-13(14)18-11-7-5-10(15)6-8-11/h2-8H,1H3. The molecule has 4 heteroatoms. The molecule has 0 heterocycles. The van der Waals surface area contributed by atoms with E-state index in [-0.39, 0.29) is 5.78 Å². The number of ketones is 1. The molecule has 0 aliphatic rings. The summed E-state index contributed by atoms with van der Waals surface area (Å²) < 4.78 is 0.985. The van der Waals surface area contributed by atoms with Crippen molar-refractivity contribution in [1.82, 2.24) is 0 Å². The lowest BCUT2D eigenvalue weighted by Gasteiger charge is -2.08. The number of hydrogen-bond donors (Lipinski definition) is 0. The van der Waals surface area contributed by atoms with Crippen molar-refractivity contribution < 1.29 is 4.79 Å². The third kappa shape index (κ3) is 3.28. The Kier molecular flexibility index (Phi) is 4.70. The van der Waals surface area contributed by atoms with Crippen LogP contribution < -0.4 is 0 Å². The van der Waals surface area contributed by atoms with Crippen LogP contribution in [0.3, 0.4) is 0 Å². The molecule has 0 atom stereocenters. The summed E-state index contributed by atoms with van der Waals surface area (Å²) in [6.45, 7) is 1.60. The Morgan fingerprint density at radius 1 is 1.17 bits per heavy atom. The van der Waals surface area contributed by atoms with Gasteiger partial charge in [-0.1, -0.05) is 29.4 Å². The summed E-state index contributed by atoms with van der Waals surface area (Å²) in [5.41, 5.74) is 0.790. The molecule has 0 saturated carbocycles. The first kappa shape index (κ1) is 13.9. The third-order valence-electron chi connectivity index (χ3n) is 2.37. The van der Waals surface area contributed by atoms with Gasteiger partial charge in [-0.15, -0.1) is 0 Å². The van der Waals surface area contributed by atoms with E-state index in [9.17, 15) is 4.79 Å². The van der Waals surface area contributed by atoms with Crippen LogP contribution in [0, 0.1) is 3.57 Å². The molecule has 1 nitrogen and oxygen atoms in total. The molecule has 0 amide bonds. The number of hydrogen-bond acceptors (Lipinski definition) is 2. The quantitative estimate of drug-likeness (QED) is 0.524. The average molecular weight is 389 g/mol. The molecule has 92 valence electrons. The van der Waals surface area contributed by atoms with Crippen LogP contribution in [0.2, 0.25) is 5.02 Å². The van der Waals surface area contributed by atoms with Gasteiger partial charge in [-0.2, -0.15) is 0 Å². The van der Waals surface area contributed by atoms with Gasteiger partial charge in [0.25, 0.3) is 0 Å². The van der Waals surface area contributed by atoms with Gasteiger partial charge in [-0.3, -0.25) is 4.79 Å². The number of Topliss-reactive ketones (excluding diaryl/α,β-unsaturated/α-hetero) is 1. The number of benzene rings is 2. The highest BCUT2D eigenvalue weighted by Crippen LogP contribution is 2.33. The van der Waals surface area contributed by atoms with Crippen molar-refractivity contribution in [3.8, 4) is 0 Å². The summed E-state index contributed by atoms with van der Waals surface area (Å²) in [5, 5.41) is 0.716. The second-order valence-corrected chi connectivity index (χ2v) is 6.44. The molecule has 2 aromatic rings. The zero-order chi connectivity index (χ0) is 13.1. The SMILES string of the molecule is CC(=O)c1c(I)cccc1Sc1ccc(Cl)cc1. The summed E-state index contributed by atoms with van der Waals surface area (Å²) in [5.74, 6) is 0.0939. The first-order valence-corrected chi connectivity index (χ1v) is 7.58. The predicted octanol–water partition coefficient (Wildman–Crippen LogP) is 5.30. The maximum absolute atomic E-state index is 11.7. The van der Waals surface area contributed by atoms with Crippen molar-refractivity contribution in [3.63, 3.8) is 0 Å². The molecule has 0 spiro atoms. The van der Waals surface area contributed by atoms with Gasteiger partial charge in [-0.05, 0) is 65.9 Å². The predicted molar refractivity (Wildman–Crippen MR) is 84.7 cm³/mol. The number of carbonyl (C=O) groups is 1. The largest absolute Gasteiger partial charge is 0.294 e. The van der Waals surface area contributed by atoms with Crippen LogP contribution >= 0.6 is 46.0 Å². The minimum atomic E-state index is 0.0939. The number of rotatable bonds is 3. The highest BCUT2D eigenvalue weighted by molar-refractivity contribution is 14.1. The molecular weight excluding hydrogens is 379 g/mol. The van der Waals surface area contributed by atoms with Gasteiger partial charge in [-0.25, -0.2) is 0 Å². The Morgan fingerprint density at radius 3 is 2.44 bits per heavy atom. The van der Waals surface area contributed by atoms with E-state index in [1.165, 1.54) is 0 Å². The molecule has 0 radical (unpaired) electrons. The minimum absolute atomic E-state index is 0.0939. The molecule has 0 fully saturated rings. The van der Waals surface area contributed by atoms with Gasteiger partial charge in [0, 0.05) is 23.9 Å². The van der Waals surface area contributed by atoms with Crippen LogP contribution in [0.1, 0.15) is 17.3 Å². The van der Waals surface area contributed by atoms with Gasteiger partial charge < -0.3 is 0 Å². The first-order valence-electron chi connectivity index (χ1n) is 5.31. The maximum Gasteiger partial charge on any atom is 0.162 e. The van der Waals surface area contributed by atoms with Crippen molar-refractivity contribution in [3.05, 3.63) is 56.6 Å². The van der Waals surface area contributed by atoms with Gasteiger partial charge in [0.1, 0.15) is 0 Å². The van der Waals surface area contributed by atoms with Crippen molar-refractivity contribution in [1.29, 1.82) is 0 Å². The highest BCUT2D eigenvalue weighted by atomic mass is 127. The Hall–Kier alpha value is -0.520. The van der Waals surface area contributed by atoms with Crippen LogP contribution in [0.5, 0.6) is 0 Å². The van der Waals surface area contributed by atoms with Crippen LogP contribution in [0.25, 0.3) is 0 Å². The lowest BCUT2D eigenvalue weighted by atomic mass is 10.1. The Bertz CT molecular complexity index is 581. The fourth-order valence-electron chi connectivity index (χ4n) is 1.56. The zero-order valence-corrected chi connectivity index (χ0v) is 13.3. The zero-order valence-electron chi connectivity index (χ0n) is 9.61. The van der Waals surface area contributed by atoms with E-state index in [0.717, 1.165) is 18.9 Å². The number of carbonyl (C=O) groups excluding carboxylic acids is 1. The van der Waals surface area contributed by atoms with E-state index < -0.39 is 0 Å². The summed E-state index contributed by atoms with van der Waals surface area (Å²) in [7, 11) is 0. The van der Waals surface area contributed by atoms with E-state index >= 15 is 0 Å². The molecule has 0 aliphatic heterocycles. The smallest absolute Gasteiger partial charge is 0.162 e. The van der Waals surface area contributed by atoms with Crippen molar-refractivity contribution in [2.24, 2.45) is 0 Å². The molecule has 2 rings (SSSR count). The monoisotopic (exact) mass is 388 g/mol. The fraction of sp³-hybridized carbons (Fsp3) is 0.0714. The second-order valence-electron chi connectivity index (χ2n) is 3.73. The summed E-state index contributed by atoms with van der Waals surface area (Å²) in [4.78, 5) is 13.7. The van der Waals surface area contributed by atoms with E-state index in [0.29, 0.717) is 5.02 Å². The molecule has 0 bridgehead atoms. The van der Waals surface area contributed by atoms with E-state index in [4.69, 9.17) is 11.6 Å². The van der Waals surface area contributed by atoms with E-state index in [2.05, 4.69) is 22.6 Å². The fourth-order valence-corrected chi connectivity index (χ4v) is 3.78. The molecule has 0 saturated heterocycles. The van der Waals surface area contributed by atoms with Gasteiger partial charge in [0.05, 0.1) is 0 Å². The summed E-state index contributed by atoms with van der Waals surface area (Å²) in [6.07, 6.45) is 0. The van der Waals surface area contributed by atoms with Crippen LogP contribution in [-0.2, 0) is 0 Å². The van der Waals surface area contributed by atoms with Crippen LogP contribution in [-0.4, -0.2) is 5.78 Å². The normalized spacial score (nSPS) is 10.4. The molecule has 2 aromatic carbocycles. The molecule has 0 N–H and O–H groups in total. The lowest BCUT2D eigenvalue weighted by molar-refractivity contribution is 0.101. The maximum atomic E-state index is 11.7. The second kappa shape index (κ2) is 6.08. The lowest BCUT2D eigenvalue weighted by Crippen LogP contribution is -1.98. The van der Waals surface area contributed by atoms with E-state index in [1.807, 2.05) is 42.5 Å². The van der Waals surface area contributed by atoms with Crippen LogP contribution in [0.15, 0.2) is 52.3 Å². The Balaban J connectivity index is 2.37. The van der Waals surface area contributed by atoms with Gasteiger partial charge in [0.15, 0.2) is 5.78 Å². The van der Waals surface area contributed by atoms with Crippen molar-refractivity contribution in [2.75, 3.05) is 0 Å². The minimum Gasteiger partial charge on any atom is -0.294 e. The molecule has 0 aromatic heterocycles. The molecule has 18 heavy (non-hydrogen) atoms. The van der Waals surface area contributed by atoms with Crippen LogP contribution in [0.4, 0.5) is 0 Å². The number of halogens is 2. The Morgan fingerprint density at radius 2 is 1.83 bits per heavy atom. The Labute approximate surface area is 129 Å². The molecular formula is C14H10ClIOS. The van der Waals surface area contributed by atoms with Crippen molar-refractivity contribution in [2.45, 2.75) is 16.7 Å². The summed E-state index contributed by atoms with van der Waals surface area (Å²) in [6, 6.07) is 13.5. The molecule has 0 aliphatic carbocycles.